The Morgan fingerprint density at radius 3 is 2.68 bits per heavy atom. The van der Waals surface area contributed by atoms with Crippen LogP contribution in [0, 0.1) is 5.82 Å². The first-order chi connectivity index (χ1) is 15.1. The fourth-order valence-corrected chi connectivity index (χ4v) is 3.35. The number of hydrogen-bond donors (Lipinski definition) is 1. The molecule has 0 aliphatic heterocycles. The first-order valence-electron chi connectivity index (χ1n) is 9.72. The zero-order valence-electron chi connectivity index (χ0n) is 16.3. The Kier molecular flexibility index (Phi) is 4.80. The second-order valence-electron chi connectivity index (χ2n) is 7.06. The van der Waals surface area contributed by atoms with Gasteiger partial charge in [0.15, 0.2) is 12.2 Å². The third-order valence-electron chi connectivity index (χ3n) is 4.83. The third-order valence-corrected chi connectivity index (χ3v) is 4.83. The van der Waals surface area contributed by atoms with Crippen LogP contribution in [0.5, 0.6) is 5.75 Å². The van der Waals surface area contributed by atoms with Gasteiger partial charge < -0.3 is 14.5 Å². The monoisotopic (exact) mass is 412 g/mol. The predicted octanol–water partition coefficient (Wildman–Crippen LogP) is 5.80. The Hall–Kier alpha value is -4.19. The average molecular weight is 412 g/mol. The summed E-state index contributed by atoms with van der Waals surface area (Å²) in [5.74, 6) is 0.290. The Bertz CT molecular complexity index is 1410. The fourth-order valence-electron chi connectivity index (χ4n) is 3.35. The van der Waals surface area contributed by atoms with Crippen molar-refractivity contribution in [3.8, 4) is 17.2 Å². The SMILES string of the molecule is O=C(COc1ccc2ccccc2c1)Nc1ccc2oc(-c3cccc(F)c3)nc2c1. The minimum Gasteiger partial charge on any atom is -0.484 e. The van der Waals surface area contributed by atoms with Crippen molar-refractivity contribution < 1.29 is 18.3 Å². The number of nitrogens with zero attached hydrogens (tertiary/aromatic N) is 1. The van der Waals surface area contributed by atoms with Gasteiger partial charge in [0.1, 0.15) is 17.1 Å². The minimum atomic E-state index is -0.362. The first kappa shape index (κ1) is 18.8. The number of nitrogens with one attached hydrogen (secondary N) is 1. The topological polar surface area (TPSA) is 64.4 Å². The average Bonchev–Trinajstić information content (AvgIpc) is 3.21. The van der Waals surface area contributed by atoms with Crippen LogP contribution < -0.4 is 10.1 Å². The van der Waals surface area contributed by atoms with Crippen molar-refractivity contribution in [2.75, 3.05) is 11.9 Å². The molecule has 5 aromatic rings. The van der Waals surface area contributed by atoms with E-state index in [2.05, 4.69) is 10.3 Å². The number of amides is 1. The Labute approximate surface area is 177 Å². The Balaban J connectivity index is 1.27. The summed E-state index contributed by atoms with van der Waals surface area (Å²) in [6.07, 6.45) is 0. The van der Waals surface area contributed by atoms with E-state index in [1.54, 1.807) is 30.3 Å². The molecule has 5 rings (SSSR count). The second-order valence-corrected chi connectivity index (χ2v) is 7.06. The van der Waals surface area contributed by atoms with Gasteiger partial charge in [0.05, 0.1) is 0 Å². The number of rotatable bonds is 5. The number of hydrogen-bond acceptors (Lipinski definition) is 4. The maximum Gasteiger partial charge on any atom is 0.262 e. The van der Waals surface area contributed by atoms with Gasteiger partial charge in [0.2, 0.25) is 5.89 Å². The third kappa shape index (κ3) is 4.09. The number of fused-ring (bicyclic) bond motifs is 2. The highest BCUT2D eigenvalue weighted by Gasteiger charge is 2.11. The highest BCUT2D eigenvalue weighted by molar-refractivity contribution is 5.94. The van der Waals surface area contributed by atoms with Crippen LogP contribution in [0.3, 0.4) is 0 Å². The second kappa shape index (κ2) is 7.91. The molecule has 0 saturated heterocycles. The van der Waals surface area contributed by atoms with Crippen molar-refractivity contribution >= 4 is 33.5 Å². The number of benzene rings is 4. The molecule has 1 heterocycles. The molecule has 0 aliphatic carbocycles. The summed E-state index contributed by atoms with van der Waals surface area (Å²) in [6, 6.07) is 24.8. The van der Waals surface area contributed by atoms with Crippen LogP contribution >= 0.6 is 0 Å². The molecule has 0 unspecified atom stereocenters. The van der Waals surface area contributed by atoms with E-state index in [1.807, 2.05) is 42.5 Å². The van der Waals surface area contributed by atoms with Crippen molar-refractivity contribution in [3.05, 3.63) is 90.7 Å². The van der Waals surface area contributed by atoms with Crippen molar-refractivity contribution in [1.29, 1.82) is 0 Å². The largest absolute Gasteiger partial charge is 0.484 e. The molecule has 4 aromatic carbocycles. The van der Waals surface area contributed by atoms with Crippen LogP contribution in [-0.2, 0) is 4.79 Å². The smallest absolute Gasteiger partial charge is 0.262 e. The van der Waals surface area contributed by atoms with E-state index in [0.717, 1.165) is 10.8 Å². The fraction of sp³-hybridized carbons (Fsp3) is 0.0400. The van der Waals surface area contributed by atoms with Gasteiger partial charge in [-0.2, -0.15) is 0 Å². The summed E-state index contributed by atoms with van der Waals surface area (Å²) in [4.78, 5) is 16.7. The van der Waals surface area contributed by atoms with E-state index in [1.165, 1.54) is 12.1 Å². The molecule has 0 spiro atoms. The van der Waals surface area contributed by atoms with Gasteiger partial charge in [0.25, 0.3) is 5.91 Å². The standard InChI is InChI=1S/C25H17FN2O3/c26-19-7-3-6-18(12-19)25-28-22-14-20(9-11-23(22)31-25)27-24(29)15-30-21-10-8-16-4-1-2-5-17(16)13-21/h1-14H,15H2,(H,27,29). The van der Waals surface area contributed by atoms with Crippen LogP contribution in [0.4, 0.5) is 10.1 Å². The maximum absolute atomic E-state index is 13.5. The molecule has 1 aromatic heterocycles. The molecule has 0 saturated carbocycles. The van der Waals surface area contributed by atoms with Gasteiger partial charge in [-0.05, 0) is 59.3 Å². The van der Waals surface area contributed by atoms with Gasteiger partial charge in [-0.25, -0.2) is 9.37 Å². The molecule has 0 fully saturated rings. The summed E-state index contributed by atoms with van der Waals surface area (Å²) < 4.78 is 24.8. The summed E-state index contributed by atoms with van der Waals surface area (Å²) >= 11 is 0. The normalized spacial score (nSPS) is 11.0. The highest BCUT2D eigenvalue weighted by Crippen LogP contribution is 2.27. The van der Waals surface area contributed by atoms with Crippen LogP contribution in [0.25, 0.3) is 33.3 Å². The molecule has 0 atom stereocenters. The maximum atomic E-state index is 13.5. The molecule has 31 heavy (non-hydrogen) atoms. The van der Waals surface area contributed by atoms with Gasteiger partial charge in [-0.1, -0.05) is 36.4 Å². The molecule has 0 bridgehead atoms. The number of ether oxygens (including phenoxy) is 1. The summed E-state index contributed by atoms with van der Waals surface area (Å²) in [7, 11) is 0. The molecule has 0 radical (unpaired) electrons. The summed E-state index contributed by atoms with van der Waals surface area (Å²) in [5.41, 5.74) is 2.22. The summed E-state index contributed by atoms with van der Waals surface area (Å²) in [5, 5.41) is 4.95. The van der Waals surface area contributed by atoms with E-state index in [4.69, 9.17) is 9.15 Å². The van der Waals surface area contributed by atoms with Crippen LogP contribution in [-0.4, -0.2) is 17.5 Å². The molecular weight excluding hydrogens is 395 g/mol. The Morgan fingerprint density at radius 2 is 1.81 bits per heavy atom. The van der Waals surface area contributed by atoms with E-state index in [-0.39, 0.29) is 18.3 Å². The van der Waals surface area contributed by atoms with E-state index in [9.17, 15) is 9.18 Å². The van der Waals surface area contributed by atoms with Crippen LogP contribution in [0.15, 0.2) is 89.3 Å². The van der Waals surface area contributed by atoms with Gasteiger partial charge in [-0.3, -0.25) is 4.79 Å². The number of carbonyl (C=O) groups is 1. The van der Waals surface area contributed by atoms with Crippen molar-refractivity contribution in [2.24, 2.45) is 0 Å². The number of carbonyl (C=O) groups excluding carboxylic acids is 1. The molecule has 152 valence electrons. The number of oxazole rings is 1. The van der Waals surface area contributed by atoms with E-state index < -0.39 is 0 Å². The molecule has 0 aliphatic rings. The minimum absolute atomic E-state index is 0.121. The number of aromatic nitrogens is 1. The van der Waals surface area contributed by atoms with Crippen LogP contribution in [0.1, 0.15) is 0 Å². The lowest BCUT2D eigenvalue weighted by Gasteiger charge is -2.08. The lowest BCUT2D eigenvalue weighted by molar-refractivity contribution is -0.118. The van der Waals surface area contributed by atoms with Crippen LogP contribution in [0.2, 0.25) is 0 Å². The molecular formula is C25H17FN2O3. The zero-order chi connectivity index (χ0) is 21.2. The molecule has 5 nitrogen and oxygen atoms in total. The lowest BCUT2D eigenvalue weighted by Crippen LogP contribution is -2.20. The number of halogens is 1. The first-order valence-corrected chi connectivity index (χ1v) is 9.72. The van der Waals surface area contributed by atoms with E-state index >= 15 is 0 Å². The predicted molar refractivity (Wildman–Crippen MR) is 117 cm³/mol. The van der Waals surface area contributed by atoms with Crippen molar-refractivity contribution in [3.63, 3.8) is 0 Å². The summed E-state index contributed by atoms with van der Waals surface area (Å²) in [6.45, 7) is -0.121. The molecule has 6 heteroatoms. The Morgan fingerprint density at radius 1 is 0.935 bits per heavy atom. The van der Waals surface area contributed by atoms with E-state index in [0.29, 0.717) is 34.0 Å². The van der Waals surface area contributed by atoms with Gasteiger partial charge in [-0.15, -0.1) is 0 Å². The highest BCUT2D eigenvalue weighted by atomic mass is 19.1. The van der Waals surface area contributed by atoms with Crippen molar-refractivity contribution in [2.45, 2.75) is 0 Å². The van der Waals surface area contributed by atoms with Crippen molar-refractivity contribution in [1.82, 2.24) is 4.98 Å². The zero-order valence-corrected chi connectivity index (χ0v) is 16.3. The molecule has 1 amide bonds. The lowest BCUT2D eigenvalue weighted by atomic mass is 10.1. The van der Waals surface area contributed by atoms with Gasteiger partial charge >= 0.3 is 0 Å². The molecule has 1 N–H and O–H groups in total. The quantitative estimate of drug-likeness (QED) is 0.396. The number of anilines is 1. The van der Waals surface area contributed by atoms with Gasteiger partial charge in [0, 0.05) is 11.3 Å².